The molecule has 5 heteroatoms. The van der Waals surface area contributed by atoms with Crippen molar-refractivity contribution in [2.75, 3.05) is 26.2 Å². The summed E-state index contributed by atoms with van der Waals surface area (Å²) in [4.78, 5) is 12.4. The molecule has 3 aliphatic rings. The van der Waals surface area contributed by atoms with Gasteiger partial charge in [-0.2, -0.15) is 0 Å². The number of hydrogen-bond acceptors (Lipinski definition) is 3. The fourth-order valence-electron chi connectivity index (χ4n) is 4.64. The standard InChI is InChI=1S/C17H30NO3.BrH/c1-17(20,14-7-3-4-8-14)16(19)21-15-9-12-18(13-15)10-5-2-6-11-18;/h14-15,20H,2-13H2,1H3;1H/q+1;/p-1. The van der Waals surface area contributed by atoms with Crippen LogP contribution in [0.25, 0.3) is 0 Å². The maximum atomic E-state index is 12.4. The summed E-state index contributed by atoms with van der Waals surface area (Å²) in [6, 6.07) is 0. The van der Waals surface area contributed by atoms with Gasteiger partial charge >= 0.3 is 5.97 Å². The number of hydrogen-bond donors (Lipinski definition) is 1. The van der Waals surface area contributed by atoms with Crippen molar-refractivity contribution in [2.45, 2.75) is 70.0 Å². The Morgan fingerprint density at radius 1 is 1.05 bits per heavy atom. The zero-order chi connectivity index (χ0) is 14.9. The number of nitrogens with zero attached hydrogens (tertiary/aromatic N) is 1. The fourth-order valence-corrected chi connectivity index (χ4v) is 4.64. The van der Waals surface area contributed by atoms with Crippen molar-refractivity contribution < 1.29 is 36.1 Å². The highest BCUT2D eigenvalue weighted by atomic mass is 79.9. The summed E-state index contributed by atoms with van der Waals surface area (Å²) in [6.45, 7) is 6.25. The van der Waals surface area contributed by atoms with Crippen LogP contribution in [0, 0.1) is 5.92 Å². The van der Waals surface area contributed by atoms with E-state index in [2.05, 4.69) is 0 Å². The number of rotatable bonds is 3. The van der Waals surface area contributed by atoms with Crippen LogP contribution in [-0.2, 0) is 9.53 Å². The highest BCUT2D eigenvalue weighted by molar-refractivity contribution is 5.79. The topological polar surface area (TPSA) is 46.5 Å². The van der Waals surface area contributed by atoms with Gasteiger partial charge in [0, 0.05) is 6.42 Å². The van der Waals surface area contributed by atoms with Crippen LogP contribution < -0.4 is 17.0 Å². The second-order valence-electron chi connectivity index (χ2n) is 7.70. The number of quaternary nitrogens is 1. The maximum absolute atomic E-state index is 12.4. The third-order valence-corrected chi connectivity index (χ3v) is 6.12. The molecule has 1 aliphatic carbocycles. The van der Waals surface area contributed by atoms with E-state index in [9.17, 15) is 9.90 Å². The van der Waals surface area contributed by atoms with Crippen LogP contribution in [-0.4, -0.2) is 53.4 Å². The van der Waals surface area contributed by atoms with Crippen LogP contribution in [0.5, 0.6) is 0 Å². The molecule has 0 aromatic rings. The molecule has 22 heavy (non-hydrogen) atoms. The predicted octanol–water partition coefficient (Wildman–Crippen LogP) is -0.752. The zero-order valence-electron chi connectivity index (χ0n) is 13.7. The fraction of sp³-hybridized carbons (Fsp3) is 0.941. The van der Waals surface area contributed by atoms with Gasteiger partial charge < -0.3 is 31.3 Å². The molecular formula is C17H30BrNO3. The molecule has 3 fully saturated rings. The van der Waals surface area contributed by atoms with Gasteiger partial charge in [0.2, 0.25) is 0 Å². The van der Waals surface area contributed by atoms with Crippen molar-refractivity contribution >= 4 is 5.97 Å². The van der Waals surface area contributed by atoms with E-state index < -0.39 is 5.60 Å². The van der Waals surface area contributed by atoms with Gasteiger partial charge in [-0.1, -0.05) is 12.8 Å². The Morgan fingerprint density at radius 3 is 2.32 bits per heavy atom. The number of carbonyl (C=O) groups is 1. The molecule has 2 saturated heterocycles. The van der Waals surface area contributed by atoms with Crippen LogP contribution in [0.15, 0.2) is 0 Å². The summed E-state index contributed by atoms with van der Waals surface area (Å²) >= 11 is 0. The van der Waals surface area contributed by atoms with Gasteiger partial charge in [-0.3, -0.25) is 0 Å². The highest BCUT2D eigenvalue weighted by Crippen LogP contribution is 2.36. The maximum Gasteiger partial charge on any atom is 0.338 e. The predicted molar refractivity (Wildman–Crippen MR) is 80.7 cm³/mol. The van der Waals surface area contributed by atoms with Gasteiger partial charge in [-0.05, 0) is 44.9 Å². The van der Waals surface area contributed by atoms with Gasteiger partial charge in [-0.25, -0.2) is 4.79 Å². The molecule has 4 nitrogen and oxygen atoms in total. The lowest BCUT2D eigenvalue weighted by Gasteiger charge is -2.37. The van der Waals surface area contributed by atoms with Crippen LogP contribution in [0.3, 0.4) is 0 Å². The van der Waals surface area contributed by atoms with Gasteiger partial charge in [-0.15, -0.1) is 0 Å². The summed E-state index contributed by atoms with van der Waals surface area (Å²) < 4.78 is 6.85. The van der Waals surface area contributed by atoms with Crippen LogP contribution >= 0.6 is 0 Å². The Hall–Kier alpha value is -0.130. The SMILES string of the molecule is CC(O)(C(=O)OC1CC[N+]2(CCCCC2)C1)C1CCCC1.[Br-]. The van der Waals surface area contributed by atoms with E-state index in [1.54, 1.807) is 6.92 Å². The third kappa shape index (κ3) is 3.68. The van der Waals surface area contributed by atoms with Crippen LogP contribution in [0.4, 0.5) is 0 Å². The number of ether oxygens (including phenoxy) is 1. The van der Waals surface area contributed by atoms with Gasteiger partial charge in [0.15, 0.2) is 11.7 Å². The molecule has 3 rings (SSSR count). The van der Waals surface area contributed by atoms with Crippen molar-refractivity contribution in [3.05, 3.63) is 0 Å². The summed E-state index contributed by atoms with van der Waals surface area (Å²) in [5.41, 5.74) is -1.29. The van der Waals surface area contributed by atoms with Crippen LogP contribution in [0.1, 0.15) is 58.3 Å². The second-order valence-corrected chi connectivity index (χ2v) is 7.70. The Morgan fingerprint density at radius 2 is 1.68 bits per heavy atom. The third-order valence-electron chi connectivity index (χ3n) is 6.12. The zero-order valence-corrected chi connectivity index (χ0v) is 15.3. The minimum absolute atomic E-state index is 0. The first-order chi connectivity index (χ1) is 10.0. The molecule has 2 heterocycles. The molecule has 2 aliphatic heterocycles. The molecule has 2 atom stereocenters. The first-order valence-corrected chi connectivity index (χ1v) is 8.80. The molecule has 0 aromatic carbocycles. The summed E-state index contributed by atoms with van der Waals surface area (Å²) in [5.74, 6) is -0.291. The van der Waals surface area contributed by atoms with Crippen molar-refractivity contribution in [1.29, 1.82) is 0 Å². The van der Waals surface area contributed by atoms with E-state index in [1.165, 1.54) is 32.4 Å². The lowest BCUT2D eigenvalue weighted by Crippen LogP contribution is -3.00. The normalized spacial score (nSPS) is 30.7. The molecule has 1 saturated carbocycles. The lowest BCUT2D eigenvalue weighted by molar-refractivity contribution is -0.922. The average molecular weight is 376 g/mol. The van der Waals surface area contributed by atoms with Gasteiger partial charge in [0.05, 0.1) is 19.6 Å². The molecule has 0 bridgehead atoms. The van der Waals surface area contributed by atoms with E-state index in [4.69, 9.17) is 4.74 Å². The Bertz CT molecular complexity index is 387. The molecule has 0 amide bonds. The first kappa shape index (κ1) is 18.2. The number of carbonyl (C=O) groups excluding carboxylic acids is 1. The summed E-state index contributed by atoms with van der Waals surface area (Å²) in [5, 5.41) is 10.6. The Labute approximate surface area is 144 Å². The molecule has 0 radical (unpaired) electrons. The van der Waals surface area contributed by atoms with Gasteiger partial charge in [0.25, 0.3) is 0 Å². The minimum Gasteiger partial charge on any atom is -1.00 e. The second kappa shape index (κ2) is 7.18. The Balaban J connectivity index is 0.00000176. The first-order valence-electron chi connectivity index (χ1n) is 8.80. The number of halogens is 1. The molecule has 1 N–H and O–H groups in total. The highest BCUT2D eigenvalue weighted by Gasteiger charge is 2.46. The van der Waals surface area contributed by atoms with E-state index in [-0.39, 0.29) is 35.0 Å². The largest absolute Gasteiger partial charge is 1.00 e. The summed E-state index contributed by atoms with van der Waals surface area (Å²) in [7, 11) is 0. The molecule has 0 aromatic heterocycles. The van der Waals surface area contributed by atoms with Crippen molar-refractivity contribution in [3.63, 3.8) is 0 Å². The van der Waals surface area contributed by atoms with E-state index in [1.807, 2.05) is 0 Å². The van der Waals surface area contributed by atoms with E-state index >= 15 is 0 Å². The lowest BCUT2D eigenvalue weighted by atomic mass is 9.88. The average Bonchev–Trinajstić information content (AvgIpc) is 3.11. The molecule has 1 spiro atoms. The minimum atomic E-state index is -1.29. The molecule has 2 unspecified atom stereocenters. The van der Waals surface area contributed by atoms with Gasteiger partial charge in [0.1, 0.15) is 6.54 Å². The number of aliphatic hydroxyl groups is 1. The number of esters is 1. The smallest absolute Gasteiger partial charge is 0.338 e. The molecule has 128 valence electrons. The summed E-state index contributed by atoms with van der Waals surface area (Å²) in [6.07, 6.45) is 9.09. The molecular weight excluding hydrogens is 346 g/mol. The Kier molecular flexibility index (Phi) is 5.95. The van der Waals surface area contributed by atoms with Crippen molar-refractivity contribution in [2.24, 2.45) is 5.92 Å². The van der Waals surface area contributed by atoms with E-state index in [0.717, 1.165) is 49.7 Å². The quantitative estimate of drug-likeness (QED) is 0.521. The van der Waals surface area contributed by atoms with E-state index in [0.29, 0.717) is 0 Å². The monoisotopic (exact) mass is 375 g/mol. The van der Waals surface area contributed by atoms with Crippen molar-refractivity contribution in [1.82, 2.24) is 0 Å². The van der Waals surface area contributed by atoms with Crippen molar-refractivity contribution in [3.8, 4) is 0 Å². The number of piperidine rings is 1. The van der Waals surface area contributed by atoms with Crippen LogP contribution in [0.2, 0.25) is 0 Å².